The molecule has 0 saturated heterocycles. The molecule has 0 spiro atoms. The predicted molar refractivity (Wildman–Crippen MR) is 72.1 cm³/mol. The van der Waals surface area contributed by atoms with Crippen molar-refractivity contribution >= 4 is 17.3 Å². The Bertz CT molecular complexity index is 525. The summed E-state index contributed by atoms with van der Waals surface area (Å²) in [7, 11) is 1.64. The maximum absolute atomic E-state index is 5.72. The van der Waals surface area contributed by atoms with Crippen molar-refractivity contribution < 1.29 is 4.74 Å². The van der Waals surface area contributed by atoms with Crippen LogP contribution in [0.1, 0.15) is 12.7 Å². The Kier molecular flexibility index (Phi) is 3.62. The minimum atomic E-state index is 0.470. The zero-order chi connectivity index (χ0) is 13.0. The second-order valence-electron chi connectivity index (χ2n) is 3.80. The summed E-state index contributed by atoms with van der Waals surface area (Å²) in [4.78, 5) is 8.48. The minimum Gasteiger partial charge on any atom is -0.497 e. The lowest BCUT2D eigenvalue weighted by molar-refractivity contribution is 0.415. The molecule has 5 heteroatoms. The molecular weight excluding hydrogens is 228 g/mol. The molecule has 1 aromatic heterocycles. The number of nitrogens with two attached hydrogens (primary N) is 1. The lowest BCUT2D eigenvalue weighted by Gasteiger charge is -2.08. The molecule has 0 fully saturated rings. The molecule has 1 aromatic carbocycles. The highest BCUT2D eigenvalue weighted by molar-refractivity contribution is 5.59. The molecule has 2 rings (SSSR count). The van der Waals surface area contributed by atoms with Gasteiger partial charge in [-0.1, -0.05) is 6.92 Å². The second-order valence-corrected chi connectivity index (χ2v) is 3.80. The van der Waals surface area contributed by atoms with Crippen LogP contribution in [-0.2, 0) is 6.42 Å². The van der Waals surface area contributed by atoms with Gasteiger partial charge in [0.25, 0.3) is 0 Å². The summed E-state index contributed by atoms with van der Waals surface area (Å²) in [6.45, 7) is 1.99. The Morgan fingerprint density at radius 2 is 1.94 bits per heavy atom. The van der Waals surface area contributed by atoms with Gasteiger partial charge >= 0.3 is 0 Å². The molecule has 0 bridgehead atoms. The highest BCUT2D eigenvalue weighted by Gasteiger charge is 2.02. The van der Waals surface area contributed by atoms with Crippen molar-refractivity contribution in [3.8, 4) is 5.75 Å². The number of benzene rings is 1. The van der Waals surface area contributed by atoms with Gasteiger partial charge in [0.1, 0.15) is 23.2 Å². The number of rotatable bonds is 4. The molecule has 18 heavy (non-hydrogen) atoms. The number of hydrogen-bond acceptors (Lipinski definition) is 5. The highest BCUT2D eigenvalue weighted by atomic mass is 16.5. The van der Waals surface area contributed by atoms with Gasteiger partial charge in [0.15, 0.2) is 0 Å². The summed E-state index contributed by atoms with van der Waals surface area (Å²) in [5.41, 5.74) is 6.65. The largest absolute Gasteiger partial charge is 0.497 e. The molecule has 0 aliphatic rings. The molecule has 2 aromatic rings. The van der Waals surface area contributed by atoms with Gasteiger partial charge < -0.3 is 15.8 Å². The van der Waals surface area contributed by atoms with Crippen molar-refractivity contribution in [1.29, 1.82) is 0 Å². The van der Waals surface area contributed by atoms with Crippen molar-refractivity contribution in [2.24, 2.45) is 0 Å². The molecule has 94 valence electrons. The monoisotopic (exact) mass is 244 g/mol. The molecule has 3 N–H and O–H groups in total. The van der Waals surface area contributed by atoms with Crippen molar-refractivity contribution in [3.63, 3.8) is 0 Å². The molecular formula is C13H16N4O. The van der Waals surface area contributed by atoms with E-state index in [2.05, 4.69) is 15.3 Å². The zero-order valence-corrected chi connectivity index (χ0v) is 10.5. The summed E-state index contributed by atoms with van der Waals surface area (Å²) in [5.74, 6) is 2.71. The maximum atomic E-state index is 5.72. The average molecular weight is 244 g/mol. The van der Waals surface area contributed by atoms with Crippen LogP contribution in [0.15, 0.2) is 30.3 Å². The SMILES string of the molecule is CCc1nc(N)cc(Nc2ccc(OC)cc2)n1. The Labute approximate surface area is 106 Å². The number of aryl methyl sites for hydroxylation is 1. The van der Waals surface area contributed by atoms with Crippen molar-refractivity contribution in [2.75, 3.05) is 18.2 Å². The van der Waals surface area contributed by atoms with E-state index in [4.69, 9.17) is 10.5 Å². The standard InChI is InChI=1S/C13H16N4O/c1-3-12-16-11(14)8-13(17-12)15-9-4-6-10(18-2)7-5-9/h4-8H,3H2,1-2H3,(H3,14,15,16,17). The van der Waals surface area contributed by atoms with E-state index >= 15 is 0 Å². The molecule has 0 saturated carbocycles. The first kappa shape index (κ1) is 12.2. The minimum absolute atomic E-state index is 0.470. The topological polar surface area (TPSA) is 73.1 Å². The molecule has 0 radical (unpaired) electrons. The fourth-order valence-corrected chi connectivity index (χ4v) is 1.56. The Morgan fingerprint density at radius 1 is 1.22 bits per heavy atom. The van der Waals surface area contributed by atoms with Gasteiger partial charge in [-0.3, -0.25) is 0 Å². The van der Waals surface area contributed by atoms with E-state index < -0.39 is 0 Å². The number of nitrogens with one attached hydrogen (secondary N) is 1. The van der Waals surface area contributed by atoms with E-state index in [9.17, 15) is 0 Å². The van der Waals surface area contributed by atoms with Crippen LogP contribution >= 0.6 is 0 Å². The zero-order valence-electron chi connectivity index (χ0n) is 10.5. The molecule has 5 nitrogen and oxygen atoms in total. The molecule has 0 atom stereocenters. The lowest BCUT2D eigenvalue weighted by Crippen LogP contribution is -2.02. The summed E-state index contributed by atoms with van der Waals surface area (Å²) < 4.78 is 5.10. The van der Waals surface area contributed by atoms with Crippen LogP contribution in [0.3, 0.4) is 0 Å². The van der Waals surface area contributed by atoms with Gasteiger partial charge in [-0.05, 0) is 24.3 Å². The smallest absolute Gasteiger partial charge is 0.136 e. The van der Waals surface area contributed by atoms with E-state index in [1.54, 1.807) is 13.2 Å². The number of aromatic nitrogens is 2. The number of nitrogen functional groups attached to an aromatic ring is 1. The van der Waals surface area contributed by atoms with E-state index in [1.807, 2.05) is 31.2 Å². The van der Waals surface area contributed by atoms with Crippen LogP contribution in [0.5, 0.6) is 5.75 Å². The third-order valence-electron chi connectivity index (χ3n) is 2.47. The van der Waals surface area contributed by atoms with Crippen molar-refractivity contribution in [1.82, 2.24) is 9.97 Å². The maximum Gasteiger partial charge on any atom is 0.136 e. The van der Waals surface area contributed by atoms with Gasteiger partial charge in [-0.25, -0.2) is 9.97 Å². The molecule has 1 heterocycles. The van der Waals surface area contributed by atoms with Crippen LogP contribution in [-0.4, -0.2) is 17.1 Å². The van der Waals surface area contributed by atoms with E-state index in [-0.39, 0.29) is 0 Å². The third kappa shape index (κ3) is 2.88. The summed E-state index contributed by atoms with van der Waals surface area (Å²) in [6, 6.07) is 9.32. The first-order valence-electron chi connectivity index (χ1n) is 5.75. The quantitative estimate of drug-likeness (QED) is 0.863. The van der Waals surface area contributed by atoms with Crippen LogP contribution in [0, 0.1) is 0 Å². The van der Waals surface area contributed by atoms with Gasteiger partial charge in [-0.15, -0.1) is 0 Å². The number of nitrogens with zero attached hydrogens (tertiary/aromatic N) is 2. The first-order chi connectivity index (χ1) is 8.71. The fraction of sp³-hybridized carbons (Fsp3) is 0.231. The van der Waals surface area contributed by atoms with Gasteiger partial charge in [0.05, 0.1) is 7.11 Å². The number of ether oxygens (including phenoxy) is 1. The van der Waals surface area contributed by atoms with E-state index in [0.717, 1.165) is 23.7 Å². The van der Waals surface area contributed by atoms with Gasteiger partial charge in [-0.2, -0.15) is 0 Å². The number of methoxy groups -OCH3 is 1. The average Bonchev–Trinajstić information content (AvgIpc) is 2.39. The van der Waals surface area contributed by atoms with Crippen LogP contribution < -0.4 is 15.8 Å². The van der Waals surface area contributed by atoms with E-state index in [0.29, 0.717) is 11.6 Å². The number of anilines is 3. The van der Waals surface area contributed by atoms with Crippen molar-refractivity contribution in [2.45, 2.75) is 13.3 Å². The van der Waals surface area contributed by atoms with Gasteiger partial charge in [0, 0.05) is 18.2 Å². The third-order valence-corrected chi connectivity index (χ3v) is 2.47. The number of hydrogen-bond donors (Lipinski definition) is 2. The van der Waals surface area contributed by atoms with Crippen molar-refractivity contribution in [3.05, 3.63) is 36.2 Å². The van der Waals surface area contributed by atoms with Gasteiger partial charge in [0.2, 0.25) is 0 Å². The molecule has 0 aliphatic carbocycles. The molecule has 0 amide bonds. The molecule has 0 aliphatic heterocycles. The fourth-order valence-electron chi connectivity index (χ4n) is 1.56. The van der Waals surface area contributed by atoms with Crippen LogP contribution in [0.25, 0.3) is 0 Å². The Morgan fingerprint density at radius 3 is 2.56 bits per heavy atom. The predicted octanol–water partition coefficient (Wildman–Crippen LogP) is 2.37. The lowest BCUT2D eigenvalue weighted by atomic mass is 10.3. The summed E-state index contributed by atoms with van der Waals surface area (Å²) in [6.07, 6.45) is 0.752. The van der Waals surface area contributed by atoms with Crippen LogP contribution in [0.4, 0.5) is 17.3 Å². The highest BCUT2D eigenvalue weighted by Crippen LogP contribution is 2.19. The Hall–Kier alpha value is -2.30. The Balaban J connectivity index is 2.19. The summed E-state index contributed by atoms with van der Waals surface area (Å²) >= 11 is 0. The van der Waals surface area contributed by atoms with Crippen LogP contribution in [0.2, 0.25) is 0 Å². The normalized spacial score (nSPS) is 10.1. The second kappa shape index (κ2) is 5.35. The molecule has 0 unspecified atom stereocenters. The van der Waals surface area contributed by atoms with E-state index in [1.165, 1.54) is 0 Å². The first-order valence-corrected chi connectivity index (χ1v) is 5.75. The summed E-state index contributed by atoms with van der Waals surface area (Å²) in [5, 5.41) is 3.18.